The predicted octanol–water partition coefficient (Wildman–Crippen LogP) is 5.19. The van der Waals surface area contributed by atoms with Gasteiger partial charge in [-0.1, -0.05) is 12.1 Å². The van der Waals surface area contributed by atoms with Crippen molar-refractivity contribution in [3.05, 3.63) is 77.7 Å². The molecule has 2 aliphatic rings. The summed E-state index contributed by atoms with van der Waals surface area (Å²) in [6.45, 7) is 2.79. The van der Waals surface area contributed by atoms with E-state index in [1.807, 2.05) is 12.3 Å². The molecular weight excluding hydrogens is 476 g/mol. The van der Waals surface area contributed by atoms with Crippen molar-refractivity contribution in [3.8, 4) is 11.3 Å². The molecule has 0 radical (unpaired) electrons. The summed E-state index contributed by atoms with van der Waals surface area (Å²) in [5, 5.41) is 4.69. The van der Waals surface area contributed by atoms with Crippen LogP contribution in [0.25, 0.3) is 11.3 Å². The Bertz CT molecular complexity index is 1190. The first-order chi connectivity index (χ1) is 17.3. The Hall–Kier alpha value is -3.40. The van der Waals surface area contributed by atoms with E-state index in [-0.39, 0.29) is 23.8 Å². The van der Waals surface area contributed by atoms with E-state index in [0.29, 0.717) is 51.5 Å². The number of rotatable bonds is 3. The molecule has 5 rings (SSSR count). The number of urea groups is 1. The van der Waals surface area contributed by atoms with Gasteiger partial charge in [0.05, 0.1) is 30.5 Å². The third-order valence-electron chi connectivity index (χ3n) is 6.81. The Morgan fingerprint density at radius 3 is 2.28 bits per heavy atom. The van der Waals surface area contributed by atoms with E-state index in [9.17, 15) is 22.4 Å². The maximum absolute atomic E-state index is 13.3. The molecule has 2 aromatic carbocycles. The van der Waals surface area contributed by atoms with Gasteiger partial charge in [0.2, 0.25) is 0 Å². The molecule has 2 fully saturated rings. The molecule has 3 aromatic rings. The van der Waals surface area contributed by atoms with Gasteiger partial charge in [0.1, 0.15) is 5.82 Å². The average molecular weight is 503 g/mol. The van der Waals surface area contributed by atoms with Crippen molar-refractivity contribution < 1.29 is 27.1 Å². The Labute approximate surface area is 206 Å². The fraction of sp³-hybridized carbons (Fsp3) is 0.385. The Morgan fingerprint density at radius 2 is 1.61 bits per heavy atom. The molecule has 2 saturated heterocycles. The minimum atomic E-state index is -4.40. The van der Waals surface area contributed by atoms with Gasteiger partial charge in [-0.05, 0) is 54.4 Å². The van der Waals surface area contributed by atoms with Gasteiger partial charge in [-0.25, -0.2) is 9.18 Å². The molecule has 2 aliphatic heterocycles. The molecule has 0 aliphatic carbocycles. The zero-order valence-corrected chi connectivity index (χ0v) is 19.5. The monoisotopic (exact) mass is 502 g/mol. The third kappa shape index (κ3) is 5.23. The van der Waals surface area contributed by atoms with Gasteiger partial charge in [-0.2, -0.15) is 18.3 Å². The maximum Gasteiger partial charge on any atom is 0.416 e. The highest BCUT2D eigenvalue weighted by atomic mass is 19.4. The highest BCUT2D eigenvalue weighted by Gasteiger charge is 2.35. The molecular formula is C26H26F4N4O2. The number of alkyl halides is 3. The summed E-state index contributed by atoms with van der Waals surface area (Å²) in [5.41, 5.74) is 1.50. The van der Waals surface area contributed by atoms with Gasteiger partial charge < -0.3 is 14.5 Å². The van der Waals surface area contributed by atoms with Crippen molar-refractivity contribution in [2.75, 3.05) is 39.4 Å². The quantitative estimate of drug-likeness (QED) is 0.463. The number of nitrogens with zero attached hydrogens (tertiary/aromatic N) is 4. The summed E-state index contributed by atoms with van der Waals surface area (Å²) < 4.78 is 59.7. The van der Waals surface area contributed by atoms with Crippen molar-refractivity contribution in [3.63, 3.8) is 0 Å². The third-order valence-corrected chi connectivity index (χ3v) is 6.81. The zero-order valence-electron chi connectivity index (χ0n) is 19.5. The summed E-state index contributed by atoms with van der Waals surface area (Å²) in [7, 11) is 0. The molecule has 0 bridgehead atoms. The van der Waals surface area contributed by atoms with Crippen LogP contribution in [0.5, 0.6) is 0 Å². The van der Waals surface area contributed by atoms with Crippen molar-refractivity contribution in [1.29, 1.82) is 0 Å². The van der Waals surface area contributed by atoms with E-state index in [2.05, 4.69) is 5.10 Å². The molecule has 2 atom stereocenters. The lowest BCUT2D eigenvalue weighted by Gasteiger charge is -2.41. The number of likely N-dealkylation sites (tertiary alicyclic amines) is 1. The number of morpholine rings is 1. The van der Waals surface area contributed by atoms with Crippen LogP contribution < -0.4 is 0 Å². The number of ether oxygens (including phenoxy) is 1. The van der Waals surface area contributed by atoms with E-state index in [1.165, 1.54) is 24.3 Å². The van der Waals surface area contributed by atoms with Crippen molar-refractivity contribution in [2.45, 2.75) is 24.6 Å². The molecule has 2 unspecified atom stereocenters. The standard InChI is InChI=1S/C26H26F4N4O2/c27-22-7-3-19(4-8-22)24-9-10-34(31-24)23-15-20(18-1-5-21(6-2-18)26(28,29)30)16-33(17-23)25(35)32-11-13-36-14-12-32/h1-10,20,23H,11-17H2. The predicted molar refractivity (Wildman–Crippen MR) is 125 cm³/mol. The number of hydrogen-bond acceptors (Lipinski definition) is 3. The minimum absolute atomic E-state index is 0.106. The van der Waals surface area contributed by atoms with Crippen LogP contribution in [0.15, 0.2) is 60.8 Å². The average Bonchev–Trinajstić information content (AvgIpc) is 3.39. The number of aromatic nitrogens is 2. The number of carbonyl (C=O) groups is 1. The van der Waals surface area contributed by atoms with Crippen molar-refractivity contribution >= 4 is 6.03 Å². The highest BCUT2D eigenvalue weighted by Crippen LogP contribution is 2.36. The van der Waals surface area contributed by atoms with Crippen LogP contribution in [-0.2, 0) is 10.9 Å². The lowest BCUT2D eigenvalue weighted by molar-refractivity contribution is -0.137. The second-order valence-corrected chi connectivity index (χ2v) is 9.18. The SMILES string of the molecule is O=C(N1CCOCC1)N1CC(c2ccc(C(F)(F)F)cc2)CC(n2ccc(-c3ccc(F)cc3)n2)C1. The summed E-state index contributed by atoms with van der Waals surface area (Å²) in [6.07, 6.45) is -1.96. The second-order valence-electron chi connectivity index (χ2n) is 9.18. The molecule has 190 valence electrons. The van der Waals surface area contributed by atoms with Crippen LogP contribution in [0, 0.1) is 5.82 Å². The van der Waals surface area contributed by atoms with Gasteiger partial charge >= 0.3 is 12.2 Å². The largest absolute Gasteiger partial charge is 0.416 e. The summed E-state index contributed by atoms with van der Waals surface area (Å²) in [5.74, 6) is -0.489. The fourth-order valence-electron chi connectivity index (χ4n) is 4.88. The van der Waals surface area contributed by atoms with Crippen LogP contribution >= 0.6 is 0 Å². The van der Waals surface area contributed by atoms with E-state index in [1.54, 1.807) is 26.6 Å². The van der Waals surface area contributed by atoms with E-state index < -0.39 is 11.7 Å². The molecule has 0 spiro atoms. The zero-order chi connectivity index (χ0) is 25.3. The molecule has 36 heavy (non-hydrogen) atoms. The molecule has 0 saturated carbocycles. The normalized spacial score (nSPS) is 21.0. The Balaban J connectivity index is 1.41. The number of piperidine rings is 1. The van der Waals surface area contributed by atoms with Crippen LogP contribution in [0.3, 0.4) is 0 Å². The summed E-state index contributed by atoms with van der Waals surface area (Å²) >= 11 is 0. The number of carbonyl (C=O) groups excluding carboxylic acids is 1. The van der Waals surface area contributed by atoms with Gasteiger partial charge in [0.15, 0.2) is 0 Å². The minimum Gasteiger partial charge on any atom is -0.378 e. The number of halogens is 4. The van der Waals surface area contributed by atoms with E-state index >= 15 is 0 Å². The van der Waals surface area contributed by atoms with E-state index in [4.69, 9.17) is 4.74 Å². The molecule has 2 amide bonds. The van der Waals surface area contributed by atoms with Crippen LogP contribution in [0.2, 0.25) is 0 Å². The van der Waals surface area contributed by atoms with Crippen molar-refractivity contribution in [2.24, 2.45) is 0 Å². The maximum atomic E-state index is 13.3. The smallest absolute Gasteiger partial charge is 0.378 e. The fourth-order valence-corrected chi connectivity index (χ4v) is 4.88. The molecule has 10 heteroatoms. The molecule has 6 nitrogen and oxygen atoms in total. The summed E-state index contributed by atoms with van der Waals surface area (Å²) in [6, 6.07) is 12.8. The molecule has 0 N–H and O–H groups in total. The van der Waals surface area contributed by atoms with Gasteiger partial charge in [-0.15, -0.1) is 0 Å². The topological polar surface area (TPSA) is 50.6 Å². The van der Waals surface area contributed by atoms with E-state index in [0.717, 1.165) is 23.3 Å². The first kappa shape index (κ1) is 24.3. The van der Waals surface area contributed by atoms with Gasteiger partial charge in [0, 0.05) is 43.9 Å². The van der Waals surface area contributed by atoms with Crippen molar-refractivity contribution in [1.82, 2.24) is 19.6 Å². The first-order valence-corrected chi connectivity index (χ1v) is 11.9. The number of hydrogen-bond donors (Lipinski definition) is 0. The molecule has 3 heterocycles. The highest BCUT2D eigenvalue weighted by molar-refractivity contribution is 5.75. The number of amides is 2. The van der Waals surface area contributed by atoms with Crippen LogP contribution in [0.1, 0.15) is 29.5 Å². The van der Waals surface area contributed by atoms with Crippen LogP contribution in [0.4, 0.5) is 22.4 Å². The Kier molecular flexibility index (Phi) is 6.70. The van der Waals surface area contributed by atoms with Gasteiger partial charge in [0.25, 0.3) is 0 Å². The molecule has 1 aromatic heterocycles. The second kappa shape index (κ2) is 9.93. The lowest BCUT2D eigenvalue weighted by atomic mass is 9.87. The Morgan fingerprint density at radius 1 is 0.917 bits per heavy atom. The summed E-state index contributed by atoms with van der Waals surface area (Å²) in [4.78, 5) is 16.9. The van der Waals surface area contributed by atoms with Gasteiger partial charge in [-0.3, -0.25) is 4.68 Å². The first-order valence-electron chi connectivity index (χ1n) is 11.9. The van der Waals surface area contributed by atoms with Crippen LogP contribution in [-0.4, -0.2) is 65.0 Å². The number of benzene rings is 2. The lowest BCUT2D eigenvalue weighted by Crippen LogP contribution is -2.52.